The van der Waals surface area contributed by atoms with Crippen LogP contribution < -0.4 is 21.5 Å². The number of nitrogens with one attached hydrogen (secondary N) is 2. The van der Waals surface area contributed by atoms with Crippen LogP contribution in [0.4, 0.5) is 0 Å². The lowest BCUT2D eigenvalue weighted by molar-refractivity contribution is -0.144. The van der Waals surface area contributed by atoms with Crippen molar-refractivity contribution >= 4 is 51.1 Å². The van der Waals surface area contributed by atoms with Crippen LogP contribution in [0.5, 0.6) is 0 Å². The fourth-order valence-electron chi connectivity index (χ4n) is 6.17. The van der Waals surface area contributed by atoms with Gasteiger partial charge in [-0.25, -0.2) is 13.1 Å². The van der Waals surface area contributed by atoms with Gasteiger partial charge in [0.1, 0.15) is 0 Å². The minimum atomic E-state index is -3.78. The lowest BCUT2D eigenvalue weighted by atomic mass is 9.82. The van der Waals surface area contributed by atoms with Crippen molar-refractivity contribution in [3.63, 3.8) is 0 Å². The van der Waals surface area contributed by atoms with E-state index in [4.69, 9.17) is 39.4 Å². The molecule has 3 rings (SSSR count). The zero-order chi connectivity index (χ0) is 27.9. The van der Waals surface area contributed by atoms with E-state index in [1.165, 1.54) is 0 Å². The SMILES string of the molecule is CCOC(=O)CC(NS(=O)(=O)C1CCCC(NC(=O)C2CCCC(N=C(N)N)C2)C1)C1CC(Cl)CC(Cl)C1. The minimum absolute atomic E-state index is 0.0292. The Balaban J connectivity index is 1.63. The third-order valence-corrected chi connectivity index (χ3v) is 10.6. The highest BCUT2D eigenvalue weighted by Gasteiger charge is 2.39. The Hall–Kier alpha value is -1.30. The molecule has 0 spiro atoms. The second-order valence-electron chi connectivity index (χ2n) is 11.0. The number of aliphatic imine (C=N–C) groups is 1. The number of amides is 1. The van der Waals surface area contributed by atoms with Gasteiger partial charge in [0.15, 0.2) is 5.96 Å². The lowest BCUT2D eigenvalue weighted by Crippen LogP contribution is -2.51. The first-order valence-electron chi connectivity index (χ1n) is 13.8. The van der Waals surface area contributed by atoms with Crippen molar-refractivity contribution in [2.45, 2.75) is 118 Å². The Morgan fingerprint density at radius 1 is 1.00 bits per heavy atom. The van der Waals surface area contributed by atoms with Crippen LogP contribution >= 0.6 is 23.2 Å². The zero-order valence-corrected chi connectivity index (χ0v) is 24.4. The summed E-state index contributed by atoms with van der Waals surface area (Å²) in [5, 5.41) is 2.07. The summed E-state index contributed by atoms with van der Waals surface area (Å²) >= 11 is 12.8. The largest absolute Gasteiger partial charge is 0.466 e. The molecule has 3 fully saturated rings. The van der Waals surface area contributed by atoms with Gasteiger partial charge in [-0.2, -0.15) is 0 Å². The van der Waals surface area contributed by atoms with Crippen LogP contribution in [-0.2, 0) is 24.3 Å². The monoisotopic (exact) mass is 595 g/mol. The van der Waals surface area contributed by atoms with E-state index in [2.05, 4.69) is 15.0 Å². The molecule has 0 aromatic rings. The number of carbonyl (C=O) groups is 2. The van der Waals surface area contributed by atoms with Gasteiger partial charge in [-0.05, 0) is 70.6 Å². The van der Waals surface area contributed by atoms with E-state index < -0.39 is 27.3 Å². The summed E-state index contributed by atoms with van der Waals surface area (Å²) in [6.45, 7) is 1.93. The average molecular weight is 597 g/mol. The number of hydrogen-bond donors (Lipinski definition) is 4. The Kier molecular flexibility index (Phi) is 11.8. The van der Waals surface area contributed by atoms with E-state index >= 15 is 0 Å². The highest BCUT2D eigenvalue weighted by atomic mass is 35.5. The van der Waals surface area contributed by atoms with E-state index in [9.17, 15) is 18.0 Å². The summed E-state index contributed by atoms with van der Waals surface area (Å²) in [4.78, 5) is 29.6. The highest BCUT2D eigenvalue weighted by Crippen LogP contribution is 2.35. The van der Waals surface area contributed by atoms with Crippen LogP contribution in [0.15, 0.2) is 4.99 Å². The molecule has 3 aliphatic rings. The van der Waals surface area contributed by atoms with E-state index in [0.717, 1.165) is 25.7 Å². The number of nitrogens with two attached hydrogens (primary N) is 2. The molecule has 6 N–H and O–H groups in total. The molecule has 7 atom stereocenters. The molecule has 0 aromatic heterocycles. The Morgan fingerprint density at radius 3 is 2.34 bits per heavy atom. The van der Waals surface area contributed by atoms with E-state index in [1.807, 2.05) is 0 Å². The Bertz CT molecular complexity index is 938. The standard InChI is InChI=1S/C25H43Cl2N5O5S/c1-2-37-23(33)14-22(16-9-17(26)12-18(27)10-16)32-38(35,36)21-8-4-7-20(13-21)30-24(34)15-5-3-6-19(11-15)31-25(28)29/h15-22,32H,2-14H2,1H3,(H,30,34)(H4,28,29,31). The summed E-state index contributed by atoms with van der Waals surface area (Å²) in [6.07, 6.45) is 6.98. The number of hydrogen-bond acceptors (Lipinski definition) is 6. The molecule has 38 heavy (non-hydrogen) atoms. The normalized spacial score (nSPS) is 33.1. The summed E-state index contributed by atoms with van der Waals surface area (Å²) in [6, 6.07) is -0.949. The van der Waals surface area contributed by atoms with E-state index in [-0.39, 0.29) is 59.6 Å². The predicted octanol–water partition coefficient (Wildman–Crippen LogP) is 2.50. The van der Waals surface area contributed by atoms with Gasteiger partial charge in [0.05, 0.1) is 24.3 Å². The Morgan fingerprint density at radius 2 is 1.68 bits per heavy atom. The van der Waals surface area contributed by atoms with Crippen molar-refractivity contribution in [1.82, 2.24) is 10.0 Å². The third-order valence-electron chi connectivity index (χ3n) is 7.97. The van der Waals surface area contributed by atoms with Crippen LogP contribution in [-0.4, -0.2) is 67.0 Å². The van der Waals surface area contributed by atoms with Gasteiger partial charge in [-0.3, -0.25) is 14.6 Å². The maximum atomic E-state index is 13.5. The number of halogens is 2. The van der Waals surface area contributed by atoms with Crippen LogP contribution in [0.3, 0.4) is 0 Å². The topological polar surface area (TPSA) is 166 Å². The minimum Gasteiger partial charge on any atom is -0.466 e. The van der Waals surface area contributed by atoms with Crippen LogP contribution in [0.1, 0.15) is 84.0 Å². The van der Waals surface area contributed by atoms with Crippen molar-refractivity contribution in [2.75, 3.05) is 6.61 Å². The number of carbonyl (C=O) groups excluding carboxylic acids is 2. The Labute approximate surface area is 236 Å². The first kappa shape index (κ1) is 31.2. The van der Waals surface area contributed by atoms with Crippen molar-refractivity contribution in [2.24, 2.45) is 28.3 Å². The van der Waals surface area contributed by atoms with Crippen molar-refractivity contribution in [1.29, 1.82) is 0 Å². The number of esters is 1. The van der Waals surface area contributed by atoms with Gasteiger partial charge in [0.2, 0.25) is 15.9 Å². The third kappa shape index (κ3) is 9.41. The molecule has 0 radical (unpaired) electrons. The fourth-order valence-corrected chi connectivity index (χ4v) is 9.00. The maximum absolute atomic E-state index is 13.5. The second-order valence-corrected chi connectivity index (χ2v) is 14.2. The van der Waals surface area contributed by atoms with Gasteiger partial charge in [-0.15, -0.1) is 23.2 Å². The quantitative estimate of drug-likeness (QED) is 0.130. The number of nitrogens with zero attached hydrogens (tertiary/aromatic N) is 1. The predicted molar refractivity (Wildman–Crippen MR) is 149 cm³/mol. The van der Waals surface area contributed by atoms with Crippen LogP contribution in [0, 0.1) is 11.8 Å². The molecular formula is C25H43Cl2N5O5S. The molecule has 0 aliphatic heterocycles. The molecule has 0 bridgehead atoms. The number of guanidine groups is 1. The first-order chi connectivity index (χ1) is 18.0. The van der Waals surface area contributed by atoms with E-state index in [1.54, 1.807) is 6.92 Å². The number of ether oxygens (including phenoxy) is 1. The van der Waals surface area contributed by atoms with Gasteiger partial charge in [0.25, 0.3) is 0 Å². The summed E-state index contributed by atoms with van der Waals surface area (Å²) < 4.78 is 35.0. The average Bonchev–Trinajstić information content (AvgIpc) is 2.83. The zero-order valence-electron chi connectivity index (χ0n) is 22.1. The molecular weight excluding hydrogens is 553 g/mol. The lowest BCUT2D eigenvalue weighted by Gasteiger charge is -2.36. The number of alkyl halides is 2. The molecule has 0 aromatic carbocycles. The summed E-state index contributed by atoms with van der Waals surface area (Å²) in [7, 11) is -3.78. The van der Waals surface area contributed by atoms with Crippen molar-refractivity contribution < 1.29 is 22.7 Å². The van der Waals surface area contributed by atoms with Gasteiger partial charge in [0, 0.05) is 28.8 Å². The molecule has 0 heterocycles. The van der Waals surface area contributed by atoms with E-state index in [0.29, 0.717) is 44.9 Å². The molecule has 3 saturated carbocycles. The summed E-state index contributed by atoms with van der Waals surface area (Å²) in [5.41, 5.74) is 11.0. The smallest absolute Gasteiger partial charge is 0.307 e. The highest BCUT2D eigenvalue weighted by molar-refractivity contribution is 7.90. The molecule has 7 unspecified atom stereocenters. The molecule has 0 saturated heterocycles. The number of sulfonamides is 1. The van der Waals surface area contributed by atoms with Crippen molar-refractivity contribution in [3.8, 4) is 0 Å². The molecule has 1 amide bonds. The van der Waals surface area contributed by atoms with Crippen molar-refractivity contribution in [3.05, 3.63) is 0 Å². The second kappa shape index (κ2) is 14.4. The first-order valence-corrected chi connectivity index (χ1v) is 16.2. The van der Waals surface area contributed by atoms with Gasteiger partial charge in [-0.1, -0.05) is 12.8 Å². The van der Waals surface area contributed by atoms with Gasteiger partial charge >= 0.3 is 5.97 Å². The van der Waals surface area contributed by atoms with Crippen LogP contribution in [0.2, 0.25) is 0 Å². The fraction of sp³-hybridized carbons (Fsp3) is 0.880. The molecule has 3 aliphatic carbocycles. The number of rotatable bonds is 10. The maximum Gasteiger partial charge on any atom is 0.307 e. The van der Waals surface area contributed by atoms with Gasteiger partial charge < -0.3 is 21.5 Å². The molecule has 10 nitrogen and oxygen atoms in total. The molecule has 13 heteroatoms. The molecule has 218 valence electrons. The summed E-state index contributed by atoms with van der Waals surface area (Å²) in [5.74, 6) is -0.860. The van der Waals surface area contributed by atoms with Crippen LogP contribution in [0.25, 0.3) is 0 Å².